The van der Waals surface area contributed by atoms with Crippen molar-refractivity contribution >= 4 is 11.8 Å². The number of carbonyl (C=O) groups is 2. The third kappa shape index (κ3) is 5.33. The van der Waals surface area contributed by atoms with E-state index in [4.69, 9.17) is 4.42 Å². The molecule has 0 aliphatic carbocycles. The molecule has 0 saturated heterocycles. The van der Waals surface area contributed by atoms with Gasteiger partial charge in [0, 0.05) is 20.5 Å². The lowest BCUT2D eigenvalue weighted by molar-refractivity contribution is -0.144. The Kier molecular flexibility index (Phi) is 5.18. The van der Waals surface area contributed by atoms with Gasteiger partial charge >= 0.3 is 6.18 Å². The molecule has 0 spiro atoms. The molecule has 20 heavy (non-hydrogen) atoms. The summed E-state index contributed by atoms with van der Waals surface area (Å²) in [5, 5.41) is 2.30. The second kappa shape index (κ2) is 6.44. The van der Waals surface area contributed by atoms with Crippen molar-refractivity contribution in [3.8, 4) is 0 Å². The lowest BCUT2D eigenvalue weighted by Gasteiger charge is -2.07. The third-order valence-electron chi connectivity index (χ3n) is 2.37. The summed E-state index contributed by atoms with van der Waals surface area (Å²) in [7, 11) is 3.12. The van der Waals surface area contributed by atoms with Crippen molar-refractivity contribution < 1.29 is 27.2 Å². The van der Waals surface area contributed by atoms with E-state index >= 15 is 0 Å². The van der Waals surface area contributed by atoms with Crippen molar-refractivity contribution in [2.24, 2.45) is 0 Å². The summed E-state index contributed by atoms with van der Waals surface area (Å²) < 4.78 is 40.9. The Labute approximate surface area is 113 Å². The Hall–Kier alpha value is -1.99. The predicted octanol–water partition coefficient (Wildman–Crippen LogP) is 1.94. The van der Waals surface area contributed by atoms with Crippen molar-refractivity contribution in [1.82, 2.24) is 10.2 Å². The largest absolute Gasteiger partial charge is 0.454 e. The first kappa shape index (κ1) is 16.1. The van der Waals surface area contributed by atoms with Crippen LogP contribution in [-0.4, -0.2) is 37.0 Å². The number of hydrogen-bond donors (Lipinski definition) is 1. The van der Waals surface area contributed by atoms with E-state index in [1.54, 1.807) is 14.1 Å². The van der Waals surface area contributed by atoms with Crippen LogP contribution < -0.4 is 5.32 Å². The Bertz CT molecular complexity index is 481. The molecule has 5 nitrogen and oxygen atoms in total. The first-order valence-corrected chi connectivity index (χ1v) is 5.83. The quantitative estimate of drug-likeness (QED) is 0.902. The van der Waals surface area contributed by atoms with Crippen molar-refractivity contribution in [3.05, 3.63) is 23.7 Å². The van der Waals surface area contributed by atoms with Crippen LogP contribution in [0.5, 0.6) is 0 Å². The number of halogens is 3. The number of nitrogens with zero attached hydrogens (tertiary/aromatic N) is 1. The summed E-state index contributed by atoms with van der Waals surface area (Å²) in [5.74, 6) is -0.649. The fraction of sp³-hybridized carbons (Fsp3) is 0.500. The predicted molar refractivity (Wildman–Crippen MR) is 63.9 cm³/mol. The Morgan fingerprint density at radius 3 is 2.50 bits per heavy atom. The molecule has 0 radical (unpaired) electrons. The third-order valence-corrected chi connectivity index (χ3v) is 2.37. The molecule has 0 aliphatic rings. The first-order chi connectivity index (χ1) is 9.19. The number of amides is 2. The number of alkyl halides is 3. The molecule has 112 valence electrons. The SMILES string of the molecule is CN(C)C(=O)c1ccc(CNC(=O)CCC(F)(F)F)o1. The molecule has 2 amide bonds. The average molecular weight is 292 g/mol. The summed E-state index contributed by atoms with van der Waals surface area (Å²) in [5.41, 5.74) is 0. The van der Waals surface area contributed by atoms with Crippen LogP contribution >= 0.6 is 0 Å². The van der Waals surface area contributed by atoms with Gasteiger partial charge in [-0.2, -0.15) is 13.2 Å². The van der Waals surface area contributed by atoms with Gasteiger partial charge in [0.1, 0.15) is 5.76 Å². The van der Waals surface area contributed by atoms with Crippen molar-refractivity contribution in [2.45, 2.75) is 25.6 Å². The summed E-state index contributed by atoms with van der Waals surface area (Å²) in [4.78, 5) is 24.0. The van der Waals surface area contributed by atoms with E-state index in [0.717, 1.165) is 0 Å². The van der Waals surface area contributed by atoms with Gasteiger partial charge in [-0.05, 0) is 12.1 Å². The van der Waals surface area contributed by atoms with Crippen LogP contribution in [0.3, 0.4) is 0 Å². The Morgan fingerprint density at radius 2 is 1.95 bits per heavy atom. The van der Waals surface area contributed by atoms with Crippen LogP contribution in [0.2, 0.25) is 0 Å². The van der Waals surface area contributed by atoms with Gasteiger partial charge in [-0.3, -0.25) is 9.59 Å². The lowest BCUT2D eigenvalue weighted by Crippen LogP contribution is -2.24. The van der Waals surface area contributed by atoms with Gasteiger partial charge < -0.3 is 14.6 Å². The Balaban J connectivity index is 2.43. The minimum atomic E-state index is -4.35. The van der Waals surface area contributed by atoms with Gasteiger partial charge in [-0.1, -0.05) is 0 Å². The van der Waals surface area contributed by atoms with E-state index in [0.29, 0.717) is 5.76 Å². The molecule has 0 aromatic carbocycles. The van der Waals surface area contributed by atoms with Crippen molar-refractivity contribution in [2.75, 3.05) is 14.1 Å². The van der Waals surface area contributed by atoms with Crippen LogP contribution in [0.1, 0.15) is 29.2 Å². The standard InChI is InChI=1S/C12H15F3N2O3/c1-17(2)11(19)9-4-3-8(20-9)7-16-10(18)5-6-12(13,14)15/h3-4H,5-7H2,1-2H3,(H,16,18). The molecule has 1 N–H and O–H groups in total. The van der Waals surface area contributed by atoms with E-state index in [1.807, 2.05) is 0 Å². The fourth-order valence-electron chi connectivity index (χ4n) is 1.34. The molecule has 0 fully saturated rings. The van der Waals surface area contributed by atoms with Gasteiger partial charge in [0.15, 0.2) is 5.76 Å². The highest BCUT2D eigenvalue weighted by Gasteiger charge is 2.27. The summed E-state index contributed by atoms with van der Waals surface area (Å²) >= 11 is 0. The minimum Gasteiger partial charge on any atom is -0.454 e. The van der Waals surface area contributed by atoms with Gasteiger partial charge in [0.2, 0.25) is 5.91 Å². The van der Waals surface area contributed by atoms with E-state index in [9.17, 15) is 22.8 Å². The van der Waals surface area contributed by atoms with Crippen LogP contribution in [0.15, 0.2) is 16.5 Å². The monoisotopic (exact) mass is 292 g/mol. The molecule has 8 heteroatoms. The minimum absolute atomic E-state index is 0.0581. The number of nitrogens with one attached hydrogen (secondary N) is 1. The molecule has 0 atom stereocenters. The molecular weight excluding hydrogens is 277 g/mol. The molecule has 0 aliphatic heterocycles. The average Bonchev–Trinajstić information content (AvgIpc) is 2.80. The lowest BCUT2D eigenvalue weighted by atomic mass is 10.3. The van der Waals surface area contributed by atoms with Gasteiger partial charge in [0.25, 0.3) is 5.91 Å². The van der Waals surface area contributed by atoms with Crippen LogP contribution in [0.25, 0.3) is 0 Å². The van der Waals surface area contributed by atoms with Gasteiger partial charge in [-0.15, -0.1) is 0 Å². The zero-order chi connectivity index (χ0) is 15.3. The first-order valence-electron chi connectivity index (χ1n) is 5.83. The van der Waals surface area contributed by atoms with Crippen LogP contribution in [0, 0.1) is 0 Å². The molecule has 1 aromatic rings. The molecule has 1 heterocycles. The fourth-order valence-corrected chi connectivity index (χ4v) is 1.34. The highest BCUT2D eigenvalue weighted by Crippen LogP contribution is 2.21. The number of rotatable bonds is 5. The van der Waals surface area contributed by atoms with Gasteiger partial charge in [-0.25, -0.2) is 0 Å². The highest BCUT2D eigenvalue weighted by molar-refractivity contribution is 5.91. The maximum Gasteiger partial charge on any atom is 0.389 e. The van der Waals surface area contributed by atoms with Crippen LogP contribution in [0.4, 0.5) is 13.2 Å². The van der Waals surface area contributed by atoms with Crippen molar-refractivity contribution in [1.29, 1.82) is 0 Å². The summed E-state index contributed by atoms with van der Waals surface area (Å²) in [6.07, 6.45) is -6.15. The molecular formula is C12H15F3N2O3. The normalized spacial score (nSPS) is 11.2. The topological polar surface area (TPSA) is 62.6 Å². The van der Waals surface area contributed by atoms with Crippen molar-refractivity contribution in [3.63, 3.8) is 0 Å². The van der Waals surface area contributed by atoms with E-state index < -0.39 is 24.9 Å². The van der Waals surface area contributed by atoms with E-state index in [2.05, 4.69) is 5.32 Å². The molecule has 0 bridgehead atoms. The maximum absolute atomic E-state index is 11.9. The van der Waals surface area contributed by atoms with Crippen LogP contribution in [-0.2, 0) is 11.3 Å². The Morgan fingerprint density at radius 1 is 1.30 bits per heavy atom. The number of furan rings is 1. The summed E-state index contributed by atoms with van der Waals surface area (Å²) in [6.45, 7) is -0.0581. The zero-order valence-corrected chi connectivity index (χ0v) is 11.1. The second-order valence-electron chi connectivity index (χ2n) is 4.36. The highest BCUT2D eigenvalue weighted by atomic mass is 19.4. The summed E-state index contributed by atoms with van der Waals surface area (Å²) in [6, 6.07) is 2.93. The second-order valence-corrected chi connectivity index (χ2v) is 4.36. The van der Waals surface area contributed by atoms with E-state index in [-0.39, 0.29) is 18.2 Å². The maximum atomic E-state index is 11.9. The molecule has 1 aromatic heterocycles. The molecule has 0 unspecified atom stereocenters. The smallest absolute Gasteiger partial charge is 0.389 e. The van der Waals surface area contributed by atoms with Gasteiger partial charge in [0.05, 0.1) is 13.0 Å². The number of carbonyl (C=O) groups excluding carboxylic acids is 2. The number of hydrogen-bond acceptors (Lipinski definition) is 3. The zero-order valence-electron chi connectivity index (χ0n) is 11.1. The molecule has 1 rings (SSSR count). The molecule has 0 saturated carbocycles. The van der Waals surface area contributed by atoms with E-state index in [1.165, 1.54) is 17.0 Å².